The molecule has 1 aromatic rings. The van der Waals surface area contributed by atoms with Crippen LogP contribution < -0.4 is 9.80 Å². The van der Waals surface area contributed by atoms with Crippen molar-refractivity contribution in [1.82, 2.24) is 4.90 Å². The van der Waals surface area contributed by atoms with Crippen molar-refractivity contribution in [3.05, 3.63) is 23.8 Å². The number of likely N-dealkylation sites (tertiary alicyclic amines) is 1. The molecule has 3 rings (SSSR count). The molecular weight excluding hydrogens is 234 g/mol. The molecule has 1 saturated heterocycles. The van der Waals surface area contributed by atoms with Gasteiger partial charge in [-0.25, -0.2) is 0 Å². The van der Waals surface area contributed by atoms with Crippen LogP contribution >= 0.6 is 0 Å². The minimum Gasteiger partial charge on any atom is -0.374 e. The molecule has 0 bridgehead atoms. The lowest BCUT2D eigenvalue weighted by atomic mass is 10.0. The number of fused-ring (bicyclic) bond motifs is 1. The fraction of sp³-hybridized carbons (Fsp3) is 0.625. The zero-order valence-corrected chi connectivity index (χ0v) is 12.4. The van der Waals surface area contributed by atoms with E-state index in [0.717, 1.165) is 6.54 Å². The Morgan fingerprint density at radius 2 is 1.84 bits per heavy atom. The quantitative estimate of drug-likeness (QED) is 0.806. The molecule has 1 aromatic carbocycles. The van der Waals surface area contributed by atoms with Gasteiger partial charge in [0.1, 0.15) is 0 Å². The third-order valence-electron chi connectivity index (χ3n) is 4.83. The van der Waals surface area contributed by atoms with E-state index >= 15 is 0 Å². The maximum absolute atomic E-state index is 2.49. The molecular formula is C16H25N3. The Bertz CT molecular complexity index is 449. The Hall–Kier alpha value is -1.22. The standard InChI is InChI=1S/C16H25N3/c1-17-9-7-14(8-10-17)19(3)15-4-5-16-13(12-15)6-11-18(16)2/h4-5,12,14H,6-11H2,1-3H3. The molecule has 0 saturated carbocycles. The van der Waals surface area contributed by atoms with Crippen LogP contribution in [0.3, 0.4) is 0 Å². The van der Waals surface area contributed by atoms with Gasteiger partial charge < -0.3 is 14.7 Å². The second kappa shape index (κ2) is 5.04. The van der Waals surface area contributed by atoms with E-state index in [1.165, 1.54) is 49.3 Å². The molecule has 104 valence electrons. The highest BCUT2D eigenvalue weighted by Crippen LogP contribution is 2.31. The van der Waals surface area contributed by atoms with Crippen molar-refractivity contribution in [3.8, 4) is 0 Å². The molecule has 3 heteroatoms. The molecule has 0 N–H and O–H groups in total. The van der Waals surface area contributed by atoms with Gasteiger partial charge in [0.25, 0.3) is 0 Å². The maximum atomic E-state index is 2.49. The predicted octanol–water partition coefficient (Wildman–Crippen LogP) is 2.21. The van der Waals surface area contributed by atoms with E-state index in [1.807, 2.05) is 0 Å². The smallest absolute Gasteiger partial charge is 0.0398 e. The Morgan fingerprint density at radius 1 is 1.11 bits per heavy atom. The number of nitrogens with zero attached hydrogens (tertiary/aromatic N) is 3. The fourth-order valence-electron chi connectivity index (χ4n) is 3.37. The van der Waals surface area contributed by atoms with Crippen molar-refractivity contribution < 1.29 is 0 Å². The van der Waals surface area contributed by atoms with E-state index < -0.39 is 0 Å². The molecule has 0 spiro atoms. The summed E-state index contributed by atoms with van der Waals surface area (Å²) in [7, 11) is 6.67. The molecule has 0 radical (unpaired) electrons. The monoisotopic (exact) mass is 259 g/mol. The number of benzene rings is 1. The third kappa shape index (κ3) is 2.44. The minimum absolute atomic E-state index is 0.702. The van der Waals surface area contributed by atoms with Gasteiger partial charge in [0, 0.05) is 38.1 Å². The van der Waals surface area contributed by atoms with Crippen molar-refractivity contribution in [2.45, 2.75) is 25.3 Å². The van der Waals surface area contributed by atoms with Crippen molar-refractivity contribution in [3.63, 3.8) is 0 Å². The van der Waals surface area contributed by atoms with E-state index in [-0.39, 0.29) is 0 Å². The first kappa shape index (κ1) is 12.8. The van der Waals surface area contributed by atoms with E-state index in [1.54, 1.807) is 0 Å². The summed E-state index contributed by atoms with van der Waals surface area (Å²) in [5, 5.41) is 0. The zero-order valence-electron chi connectivity index (χ0n) is 12.4. The van der Waals surface area contributed by atoms with E-state index in [9.17, 15) is 0 Å². The summed E-state index contributed by atoms with van der Waals surface area (Å²) in [4.78, 5) is 7.28. The number of hydrogen-bond acceptors (Lipinski definition) is 3. The highest BCUT2D eigenvalue weighted by Gasteiger charge is 2.22. The van der Waals surface area contributed by atoms with Crippen molar-refractivity contribution in [1.29, 1.82) is 0 Å². The zero-order chi connectivity index (χ0) is 13.4. The van der Waals surface area contributed by atoms with Gasteiger partial charge in [-0.15, -0.1) is 0 Å². The number of rotatable bonds is 2. The molecule has 1 fully saturated rings. The summed E-state index contributed by atoms with van der Waals surface area (Å²) in [6.07, 6.45) is 3.76. The van der Waals surface area contributed by atoms with Gasteiger partial charge >= 0.3 is 0 Å². The summed E-state index contributed by atoms with van der Waals surface area (Å²) < 4.78 is 0. The lowest BCUT2D eigenvalue weighted by Gasteiger charge is -2.36. The highest BCUT2D eigenvalue weighted by atomic mass is 15.2. The third-order valence-corrected chi connectivity index (χ3v) is 4.83. The molecule has 0 atom stereocenters. The molecule has 0 amide bonds. The Morgan fingerprint density at radius 3 is 2.58 bits per heavy atom. The van der Waals surface area contributed by atoms with Gasteiger partial charge in [0.2, 0.25) is 0 Å². The molecule has 0 aromatic heterocycles. The van der Waals surface area contributed by atoms with Crippen molar-refractivity contribution >= 4 is 11.4 Å². The average Bonchev–Trinajstić information content (AvgIpc) is 2.80. The topological polar surface area (TPSA) is 9.72 Å². The van der Waals surface area contributed by atoms with Gasteiger partial charge in [-0.05, 0) is 63.2 Å². The van der Waals surface area contributed by atoms with Crippen LogP contribution in [0.15, 0.2) is 18.2 Å². The first-order valence-corrected chi connectivity index (χ1v) is 7.40. The van der Waals surface area contributed by atoms with E-state index in [0.29, 0.717) is 6.04 Å². The number of piperidine rings is 1. The minimum atomic E-state index is 0.702. The second-order valence-electron chi connectivity index (χ2n) is 6.13. The van der Waals surface area contributed by atoms with Gasteiger partial charge in [0.15, 0.2) is 0 Å². The maximum Gasteiger partial charge on any atom is 0.0398 e. The normalized spacial score (nSPS) is 20.7. The molecule has 0 aliphatic carbocycles. The molecule has 2 aliphatic rings. The Labute approximate surface area is 116 Å². The van der Waals surface area contributed by atoms with Gasteiger partial charge in [-0.1, -0.05) is 0 Å². The lowest BCUT2D eigenvalue weighted by Crippen LogP contribution is -2.42. The summed E-state index contributed by atoms with van der Waals surface area (Å²) in [6.45, 7) is 3.61. The van der Waals surface area contributed by atoms with Crippen LogP contribution in [0.1, 0.15) is 18.4 Å². The molecule has 19 heavy (non-hydrogen) atoms. The first-order chi connectivity index (χ1) is 9.15. The number of hydrogen-bond donors (Lipinski definition) is 0. The van der Waals surface area contributed by atoms with E-state index in [4.69, 9.17) is 0 Å². The molecule has 3 nitrogen and oxygen atoms in total. The van der Waals surface area contributed by atoms with Crippen LogP contribution in [0.2, 0.25) is 0 Å². The summed E-state index contributed by atoms with van der Waals surface area (Å²) in [5.41, 5.74) is 4.32. The van der Waals surface area contributed by atoms with Gasteiger partial charge in [-0.2, -0.15) is 0 Å². The Kier molecular flexibility index (Phi) is 3.40. The largest absolute Gasteiger partial charge is 0.374 e. The van der Waals surface area contributed by atoms with Gasteiger partial charge in [-0.3, -0.25) is 0 Å². The number of anilines is 2. The van der Waals surface area contributed by atoms with Crippen LogP contribution in [-0.4, -0.2) is 51.7 Å². The van der Waals surface area contributed by atoms with Crippen LogP contribution in [0, 0.1) is 0 Å². The lowest BCUT2D eigenvalue weighted by molar-refractivity contribution is 0.253. The van der Waals surface area contributed by atoms with Crippen molar-refractivity contribution in [2.75, 3.05) is 50.6 Å². The molecule has 2 heterocycles. The van der Waals surface area contributed by atoms with Crippen LogP contribution in [0.25, 0.3) is 0 Å². The average molecular weight is 259 g/mol. The first-order valence-electron chi connectivity index (χ1n) is 7.40. The van der Waals surface area contributed by atoms with Crippen LogP contribution in [0.4, 0.5) is 11.4 Å². The summed E-state index contributed by atoms with van der Waals surface area (Å²) in [5.74, 6) is 0. The van der Waals surface area contributed by atoms with Crippen LogP contribution in [0.5, 0.6) is 0 Å². The molecule has 2 aliphatic heterocycles. The van der Waals surface area contributed by atoms with Crippen molar-refractivity contribution in [2.24, 2.45) is 0 Å². The van der Waals surface area contributed by atoms with Crippen LogP contribution in [-0.2, 0) is 6.42 Å². The Balaban J connectivity index is 1.75. The summed E-state index contributed by atoms with van der Waals surface area (Å²) >= 11 is 0. The predicted molar refractivity (Wildman–Crippen MR) is 82.3 cm³/mol. The summed E-state index contributed by atoms with van der Waals surface area (Å²) in [6, 6.07) is 7.69. The molecule has 0 unspecified atom stereocenters. The number of likely N-dealkylation sites (N-methyl/N-ethyl adjacent to an activating group) is 1. The second-order valence-corrected chi connectivity index (χ2v) is 6.13. The van der Waals surface area contributed by atoms with E-state index in [2.05, 4.69) is 54.0 Å². The highest BCUT2D eigenvalue weighted by molar-refractivity contribution is 5.64. The fourth-order valence-corrected chi connectivity index (χ4v) is 3.37. The van der Waals surface area contributed by atoms with Gasteiger partial charge in [0.05, 0.1) is 0 Å². The SMILES string of the molecule is CN1CCC(N(C)c2ccc3c(c2)CCN3C)CC1.